The Labute approximate surface area is 107 Å². The van der Waals surface area contributed by atoms with E-state index in [4.69, 9.17) is 4.42 Å². The van der Waals surface area contributed by atoms with Crippen LogP contribution in [0.2, 0.25) is 0 Å². The smallest absolute Gasteiger partial charge is 0.185 e. The Kier molecular flexibility index (Phi) is 3.56. The van der Waals surface area contributed by atoms with Gasteiger partial charge in [0.1, 0.15) is 0 Å². The quantitative estimate of drug-likeness (QED) is 0.489. The predicted molar refractivity (Wildman–Crippen MR) is 71.2 cm³/mol. The van der Waals surface area contributed by atoms with Crippen molar-refractivity contribution in [2.75, 3.05) is 0 Å². The summed E-state index contributed by atoms with van der Waals surface area (Å²) in [7, 11) is 0. The second-order valence-corrected chi connectivity index (χ2v) is 4.51. The molecule has 0 radical (unpaired) electrons. The van der Waals surface area contributed by atoms with Gasteiger partial charge in [-0.15, -0.1) is 0 Å². The lowest BCUT2D eigenvalue weighted by Gasteiger charge is -1.95. The number of benzene rings is 1. The Hall–Kier alpha value is -1.36. The number of furan rings is 1. The van der Waals surface area contributed by atoms with Gasteiger partial charge in [-0.2, -0.15) is 0 Å². The van der Waals surface area contributed by atoms with Gasteiger partial charge in [0.15, 0.2) is 5.78 Å². The van der Waals surface area contributed by atoms with Gasteiger partial charge in [0.25, 0.3) is 0 Å². The fourth-order valence-corrected chi connectivity index (χ4v) is 1.61. The maximum Gasteiger partial charge on any atom is 0.185 e. The molecule has 0 fully saturated rings. The number of hydrogen-bond acceptors (Lipinski definition) is 2. The van der Waals surface area contributed by atoms with Crippen molar-refractivity contribution in [1.29, 1.82) is 0 Å². The fourth-order valence-electron chi connectivity index (χ4n) is 1.25. The molecule has 1 aromatic heterocycles. The van der Waals surface area contributed by atoms with Gasteiger partial charge in [0.05, 0.1) is 12.5 Å². The first kappa shape index (κ1) is 11.1. The monoisotopic (exact) mass is 324 g/mol. The Balaban J connectivity index is 2.11. The second-order valence-electron chi connectivity index (χ2n) is 3.26. The molecule has 2 nitrogen and oxygen atoms in total. The van der Waals surface area contributed by atoms with Gasteiger partial charge in [-0.3, -0.25) is 4.79 Å². The van der Waals surface area contributed by atoms with Crippen LogP contribution in [-0.4, -0.2) is 5.78 Å². The normalized spacial score (nSPS) is 10.8. The first-order chi connectivity index (χ1) is 7.75. The zero-order valence-electron chi connectivity index (χ0n) is 8.39. The van der Waals surface area contributed by atoms with Crippen LogP contribution in [0.25, 0.3) is 6.08 Å². The number of ketones is 1. The van der Waals surface area contributed by atoms with Gasteiger partial charge >= 0.3 is 0 Å². The van der Waals surface area contributed by atoms with E-state index in [1.165, 1.54) is 0 Å². The molecule has 0 unspecified atom stereocenters. The van der Waals surface area contributed by atoms with Crippen LogP contribution in [0.4, 0.5) is 0 Å². The fraction of sp³-hybridized carbons (Fsp3) is 0. The lowest BCUT2D eigenvalue weighted by atomic mass is 10.1. The van der Waals surface area contributed by atoms with Crippen molar-refractivity contribution < 1.29 is 9.21 Å². The molecule has 0 aliphatic rings. The van der Waals surface area contributed by atoms with Crippen molar-refractivity contribution in [2.45, 2.75) is 0 Å². The Morgan fingerprint density at radius 2 is 1.94 bits per heavy atom. The molecule has 0 aliphatic heterocycles. The van der Waals surface area contributed by atoms with Gasteiger partial charge in [-0.1, -0.05) is 12.1 Å². The topological polar surface area (TPSA) is 30.2 Å². The number of rotatable bonds is 3. The van der Waals surface area contributed by atoms with Crippen LogP contribution in [0.1, 0.15) is 15.9 Å². The molecule has 2 aromatic rings. The lowest BCUT2D eigenvalue weighted by Crippen LogP contribution is -1.93. The highest BCUT2D eigenvalue weighted by Gasteiger charge is 2.00. The van der Waals surface area contributed by atoms with E-state index in [9.17, 15) is 4.79 Å². The molecule has 0 bridgehead atoms. The van der Waals surface area contributed by atoms with E-state index in [1.54, 1.807) is 30.7 Å². The van der Waals surface area contributed by atoms with Crippen molar-refractivity contribution in [3.05, 3.63) is 63.6 Å². The maximum atomic E-state index is 11.7. The van der Waals surface area contributed by atoms with Crippen LogP contribution in [0.5, 0.6) is 0 Å². The standard InChI is InChI=1S/C13H9IO2/c14-12-4-2-11(3-5-12)13(15)6-1-10-7-8-16-9-10/h1-9H. The first-order valence-corrected chi connectivity index (χ1v) is 5.84. The zero-order chi connectivity index (χ0) is 11.4. The average Bonchev–Trinajstić information content (AvgIpc) is 2.80. The number of carbonyl (C=O) groups excluding carboxylic acids is 1. The summed E-state index contributed by atoms with van der Waals surface area (Å²) >= 11 is 2.21. The molecular formula is C13H9IO2. The van der Waals surface area contributed by atoms with Gasteiger partial charge in [0.2, 0.25) is 0 Å². The third-order valence-electron chi connectivity index (χ3n) is 2.10. The molecule has 3 heteroatoms. The zero-order valence-corrected chi connectivity index (χ0v) is 10.5. The molecule has 0 saturated carbocycles. The molecule has 2 rings (SSSR count). The van der Waals surface area contributed by atoms with Gasteiger partial charge in [-0.25, -0.2) is 0 Å². The highest BCUT2D eigenvalue weighted by molar-refractivity contribution is 14.1. The summed E-state index contributed by atoms with van der Waals surface area (Å²) < 4.78 is 6.02. The van der Waals surface area contributed by atoms with E-state index in [-0.39, 0.29) is 5.78 Å². The molecule has 1 heterocycles. The van der Waals surface area contributed by atoms with Crippen molar-refractivity contribution in [2.24, 2.45) is 0 Å². The Bertz CT molecular complexity index is 495. The summed E-state index contributed by atoms with van der Waals surface area (Å²) in [5.74, 6) is -0.00222. The van der Waals surface area contributed by atoms with Crippen LogP contribution < -0.4 is 0 Å². The number of carbonyl (C=O) groups is 1. The van der Waals surface area contributed by atoms with Gasteiger partial charge < -0.3 is 4.42 Å². The molecule has 1 aromatic carbocycles. The summed E-state index contributed by atoms with van der Waals surface area (Å²) in [5.41, 5.74) is 1.58. The first-order valence-electron chi connectivity index (χ1n) is 4.76. The van der Waals surface area contributed by atoms with Crippen molar-refractivity contribution >= 4 is 34.5 Å². The van der Waals surface area contributed by atoms with E-state index in [2.05, 4.69) is 22.6 Å². The van der Waals surface area contributed by atoms with E-state index >= 15 is 0 Å². The van der Waals surface area contributed by atoms with Crippen LogP contribution in [-0.2, 0) is 0 Å². The number of hydrogen-bond donors (Lipinski definition) is 0. The Morgan fingerprint density at radius 1 is 1.19 bits per heavy atom. The minimum absolute atomic E-state index is 0.00222. The molecule has 0 spiro atoms. The van der Waals surface area contributed by atoms with Crippen LogP contribution in [0, 0.1) is 3.57 Å². The molecule has 0 amide bonds. The number of allylic oxidation sites excluding steroid dienone is 1. The van der Waals surface area contributed by atoms with Crippen LogP contribution >= 0.6 is 22.6 Å². The van der Waals surface area contributed by atoms with E-state index in [1.807, 2.05) is 24.3 Å². The highest BCUT2D eigenvalue weighted by Crippen LogP contribution is 2.09. The SMILES string of the molecule is O=C(C=Cc1ccoc1)c1ccc(I)cc1. The third-order valence-corrected chi connectivity index (χ3v) is 2.82. The van der Waals surface area contributed by atoms with Gasteiger partial charge in [-0.05, 0) is 52.9 Å². The van der Waals surface area contributed by atoms with Gasteiger partial charge in [0, 0.05) is 14.7 Å². The Morgan fingerprint density at radius 3 is 2.56 bits per heavy atom. The van der Waals surface area contributed by atoms with Crippen LogP contribution in [0.3, 0.4) is 0 Å². The molecule has 0 aliphatic carbocycles. The van der Waals surface area contributed by atoms with Crippen molar-refractivity contribution in [3.63, 3.8) is 0 Å². The molecule has 80 valence electrons. The minimum Gasteiger partial charge on any atom is -0.472 e. The molecule has 0 N–H and O–H groups in total. The van der Waals surface area contributed by atoms with Crippen LogP contribution in [0.15, 0.2) is 53.4 Å². The maximum absolute atomic E-state index is 11.7. The molecular weight excluding hydrogens is 315 g/mol. The highest BCUT2D eigenvalue weighted by atomic mass is 127. The largest absolute Gasteiger partial charge is 0.472 e. The van der Waals surface area contributed by atoms with E-state index in [0.717, 1.165) is 9.13 Å². The summed E-state index contributed by atoms with van der Waals surface area (Å²) in [6.45, 7) is 0. The van der Waals surface area contributed by atoms with E-state index < -0.39 is 0 Å². The summed E-state index contributed by atoms with van der Waals surface area (Å²) in [6, 6.07) is 9.28. The molecule has 16 heavy (non-hydrogen) atoms. The molecule has 0 saturated heterocycles. The second kappa shape index (κ2) is 5.12. The molecule has 0 atom stereocenters. The minimum atomic E-state index is -0.00222. The average molecular weight is 324 g/mol. The summed E-state index contributed by atoms with van der Waals surface area (Å²) in [6.07, 6.45) is 6.46. The van der Waals surface area contributed by atoms with Crippen molar-refractivity contribution in [1.82, 2.24) is 0 Å². The van der Waals surface area contributed by atoms with Crippen molar-refractivity contribution in [3.8, 4) is 0 Å². The predicted octanol–water partition coefficient (Wildman–Crippen LogP) is 3.78. The summed E-state index contributed by atoms with van der Waals surface area (Å²) in [5, 5.41) is 0. The van der Waals surface area contributed by atoms with E-state index in [0.29, 0.717) is 5.56 Å². The number of halogens is 1. The summed E-state index contributed by atoms with van der Waals surface area (Å²) in [4.78, 5) is 11.7. The lowest BCUT2D eigenvalue weighted by molar-refractivity contribution is 0.104. The third kappa shape index (κ3) is 2.82.